The van der Waals surface area contributed by atoms with Crippen LogP contribution < -0.4 is 14.8 Å². The van der Waals surface area contributed by atoms with Gasteiger partial charge in [0.2, 0.25) is 0 Å². The molecule has 1 amide bonds. The zero-order valence-corrected chi connectivity index (χ0v) is 13.8. The van der Waals surface area contributed by atoms with E-state index in [2.05, 4.69) is 5.32 Å². The van der Waals surface area contributed by atoms with Crippen molar-refractivity contribution in [2.75, 3.05) is 25.2 Å². The van der Waals surface area contributed by atoms with Crippen LogP contribution in [0.1, 0.15) is 23.7 Å². The van der Waals surface area contributed by atoms with Gasteiger partial charge >= 0.3 is 0 Å². The summed E-state index contributed by atoms with van der Waals surface area (Å²) in [5, 5.41) is 2.62. The van der Waals surface area contributed by atoms with E-state index in [0.29, 0.717) is 17.7 Å². The van der Waals surface area contributed by atoms with Gasteiger partial charge in [-0.05, 0) is 31.5 Å². The first kappa shape index (κ1) is 17.3. The normalized spacial score (nSPS) is 19.1. The van der Waals surface area contributed by atoms with Crippen LogP contribution in [0.5, 0.6) is 11.5 Å². The summed E-state index contributed by atoms with van der Waals surface area (Å²) < 4.78 is 33.1. The topological polar surface area (TPSA) is 98.8 Å². The number of amides is 1. The molecule has 0 aromatic heterocycles. The van der Waals surface area contributed by atoms with Gasteiger partial charge in [0, 0.05) is 6.04 Å². The van der Waals surface area contributed by atoms with Crippen LogP contribution in [-0.4, -0.2) is 51.4 Å². The van der Waals surface area contributed by atoms with E-state index < -0.39 is 15.7 Å². The SMILES string of the molecule is COc1ccc(OCC(=O)N[C@@H]2CCS(=O)(=O)C2)c(C(C)=O)c1. The molecular formula is C15H19NO6S. The van der Waals surface area contributed by atoms with Gasteiger partial charge in [-0.15, -0.1) is 0 Å². The van der Waals surface area contributed by atoms with Crippen LogP contribution in [-0.2, 0) is 14.6 Å². The van der Waals surface area contributed by atoms with Gasteiger partial charge in [0.1, 0.15) is 11.5 Å². The summed E-state index contributed by atoms with van der Waals surface area (Å²) in [5.74, 6) is 0.223. The third kappa shape index (κ3) is 4.69. The maximum absolute atomic E-state index is 11.8. The number of carbonyl (C=O) groups is 2. The standard InChI is InChI=1S/C15H19NO6S/c1-10(17)13-7-12(21-2)3-4-14(13)22-8-15(18)16-11-5-6-23(19,20)9-11/h3-4,7,11H,5-6,8-9H2,1-2H3,(H,16,18)/t11-/m1/s1. The van der Waals surface area contributed by atoms with Crippen LogP contribution in [0.2, 0.25) is 0 Å². The molecule has 1 fully saturated rings. The summed E-state index contributed by atoms with van der Waals surface area (Å²) in [6.07, 6.45) is 0.412. The van der Waals surface area contributed by atoms with E-state index in [1.54, 1.807) is 18.2 Å². The third-order valence-corrected chi connectivity index (χ3v) is 5.29. The van der Waals surface area contributed by atoms with E-state index in [0.717, 1.165) is 0 Å². The van der Waals surface area contributed by atoms with Crippen LogP contribution in [0.25, 0.3) is 0 Å². The van der Waals surface area contributed by atoms with Gasteiger partial charge in [0.15, 0.2) is 22.2 Å². The molecule has 1 aliphatic heterocycles. The van der Waals surface area contributed by atoms with Crippen molar-refractivity contribution in [3.63, 3.8) is 0 Å². The second-order valence-corrected chi connectivity index (χ2v) is 7.60. The number of carbonyl (C=O) groups excluding carboxylic acids is 2. The predicted molar refractivity (Wildman–Crippen MR) is 83.7 cm³/mol. The summed E-state index contributed by atoms with van der Waals surface area (Å²) in [7, 11) is -1.56. The third-order valence-electron chi connectivity index (χ3n) is 3.52. The first-order chi connectivity index (χ1) is 10.8. The van der Waals surface area contributed by atoms with E-state index in [4.69, 9.17) is 9.47 Å². The number of sulfone groups is 1. The molecule has 7 nitrogen and oxygen atoms in total. The van der Waals surface area contributed by atoms with Crippen molar-refractivity contribution in [2.45, 2.75) is 19.4 Å². The average molecular weight is 341 g/mol. The highest BCUT2D eigenvalue weighted by molar-refractivity contribution is 7.91. The molecule has 1 atom stereocenters. The Morgan fingerprint density at radius 1 is 1.35 bits per heavy atom. The second-order valence-electron chi connectivity index (χ2n) is 5.37. The summed E-state index contributed by atoms with van der Waals surface area (Å²) in [5.41, 5.74) is 0.320. The predicted octanol–water partition coefficient (Wildman–Crippen LogP) is 0.580. The number of methoxy groups -OCH3 is 1. The molecule has 0 spiro atoms. The summed E-state index contributed by atoms with van der Waals surface area (Å²) in [4.78, 5) is 23.5. The Hall–Kier alpha value is -2.09. The molecule has 8 heteroatoms. The molecule has 1 heterocycles. The van der Waals surface area contributed by atoms with Gasteiger partial charge in [-0.25, -0.2) is 8.42 Å². The fourth-order valence-corrected chi connectivity index (χ4v) is 4.03. The molecule has 1 saturated heterocycles. The summed E-state index contributed by atoms with van der Waals surface area (Å²) >= 11 is 0. The van der Waals surface area contributed by atoms with Gasteiger partial charge in [0.05, 0.1) is 24.2 Å². The van der Waals surface area contributed by atoms with Crippen molar-refractivity contribution in [3.05, 3.63) is 23.8 Å². The molecule has 2 rings (SSSR count). The Bertz CT molecular complexity index is 713. The number of ether oxygens (including phenoxy) is 2. The fourth-order valence-electron chi connectivity index (χ4n) is 2.36. The van der Waals surface area contributed by atoms with Crippen LogP contribution in [0.15, 0.2) is 18.2 Å². The second kappa shape index (κ2) is 6.99. The molecule has 23 heavy (non-hydrogen) atoms. The molecule has 0 radical (unpaired) electrons. The molecular weight excluding hydrogens is 322 g/mol. The number of hydrogen-bond donors (Lipinski definition) is 1. The van der Waals surface area contributed by atoms with Gasteiger partial charge in [-0.3, -0.25) is 9.59 Å². The van der Waals surface area contributed by atoms with Crippen molar-refractivity contribution >= 4 is 21.5 Å². The van der Waals surface area contributed by atoms with E-state index in [9.17, 15) is 18.0 Å². The van der Waals surface area contributed by atoms with Crippen molar-refractivity contribution in [2.24, 2.45) is 0 Å². The Kier molecular flexibility index (Phi) is 5.25. The minimum atomic E-state index is -3.05. The molecule has 1 aromatic rings. The molecule has 0 aliphatic carbocycles. The van der Waals surface area contributed by atoms with Crippen molar-refractivity contribution in [1.82, 2.24) is 5.32 Å². The smallest absolute Gasteiger partial charge is 0.258 e. The molecule has 0 bridgehead atoms. The van der Waals surface area contributed by atoms with Gasteiger partial charge in [0.25, 0.3) is 5.91 Å². The highest BCUT2D eigenvalue weighted by Gasteiger charge is 2.28. The molecule has 1 aromatic carbocycles. The number of hydrogen-bond acceptors (Lipinski definition) is 6. The van der Waals surface area contributed by atoms with Crippen molar-refractivity contribution in [1.29, 1.82) is 0 Å². The lowest BCUT2D eigenvalue weighted by Crippen LogP contribution is -2.38. The Labute approximate surface area is 134 Å². The Balaban J connectivity index is 1.95. The average Bonchev–Trinajstić information content (AvgIpc) is 2.83. The molecule has 0 saturated carbocycles. The lowest BCUT2D eigenvalue weighted by molar-refractivity contribution is -0.123. The first-order valence-corrected chi connectivity index (χ1v) is 8.94. The number of ketones is 1. The van der Waals surface area contributed by atoms with Gasteiger partial charge in [-0.1, -0.05) is 0 Å². The lowest BCUT2D eigenvalue weighted by atomic mass is 10.1. The monoisotopic (exact) mass is 341 g/mol. The number of Topliss-reactive ketones (excluding diaryl/α,β-unsaturated/α-hetero) is 1. The largest absolute Gasteiger partial charge is 0.497 e. The number of nitrogens with one attached hydrogen (secondary N) is 1. The van der Waals surface area contributed by atoms with Crippen LogP contribution in [0, 0.1) is 0 Å². The van der Waals surface area contributed by atoms with Crippen molar-refractivity contribution < 1.29 is 27.5 Å². The summed E-state index contributed by atoms with van der Waals surface area (Å²) in [6, 6.07) is 4.35. The highest BCUT2D eigenvalue weighted by atomic mass is 32.2. The zero-order chi connectivity index (χ0) is 17.0. The highest BCUT2D eigenvalue weighted by Crippen LogP contribution is 2.24. The van der Waals surface area contributed by atoms with Crippen LogP contribution >= 0.6 is 0 Å². The van der Waals surface area contributed by atoms with Crippen molar-refractivity contribution in [3.8, 4) is 11.5 Å². The lowest BCUT2D eigenvalue weighted by Gasteiger charge is -2.13. The minimum absolute atomic E-state index is 0.0417. The Morgan fingerprint density at radius 3 is 2.65 bits per heavy atom. The maximum atomic E-state index is 11.8. The van der Waals surface area contributed by atoms with Crippen LogP contribution in [0.4, 0.5) is 0 Å². The molecule has 1 aliphatic rings. The molecule has 1 N–H and O–H groups in total. The first-order valence-electron chi connectivity index (χ1n) is 7.12. The zero-order valence-electron chi connectivity index (χ0n) is 13.0. The minimum Gasteiger partial charge on any atom is -0.497 e. The van der Waals surface area contributed by atoms with Gasteiger partial charge < -0.3 is 14.8 Å². The van der Waals surface area contributed by atoms with Crippen LogP contribution in [0.3, 0.4) is 0 Å². The maximum Gasteiger partial charge on any atom is 0.258 e. The quantitative estimate of drug-likeness (QED) is 0.760. The number of benzene rings is 1. The fraction of sp³-hybridized carbons (Fsp3) is 0.467. The molecule has 126 valence electrons. The van der Waals surface area contributed by atoms with E-state index >= 15 is 0 Å². The van der Waals surface area contributed by atoms with E-state index in [-0.39, 0.29) is 35.7 Å². The van der Waals surface area contributed by atoms with Gasteiger partial charge in [-0.2, -0.15) is 0 Å². The summed E-state index contributed by atoms with van der Waals surface area (Å²) in [6.45, 7) is 1.11. The van der Waals surface area contributed by atoms with E-state index in [1.807, 2.05) is 0 Å². The Morgan fingerprint density at radius 2 is 2.09 bits per heavy atom. The molecule has 0 unspecified atom stereocenters. The van der Waals surface area contributed by atoms with E-state index in [1.165, 1.54) is 14.0 Å². The number of rotatable bonds is 6.